The highest BCUT2D eigenvalue weighted by atomic mass is 32.2. The zero-order valence-corrected chi connectivity index (χ0v) is 12.3. The largest absolute Gasteiger partial charge is 0.481 e. The Kier molecular flexibility index (Phi) is 4.59. The number of rotatable bonds is 5. The van der Waals surface area contributed by atoms with Gasteiger partial charge in [-0.25, -0.2) is 0 Å². The summed E-state index contributed by atoms with van der Waals surface area (Å²) in [4.78, 5) is 21.7. The van der Waals surface area contributed by atoms with Gasteiger partial charge in [-0.05, 0) is 12.1 Å². The van der Waals surface area contributed by atoms with Crippen LogP contribution in [0.25, 0.3) is 11.4 Å². The molecular weight excluding hydrogens is 292 g/mol. The molecule has 21 heavy (non-hydrogen) atoms. The van der Waals surface area contributed by atoms with Gasteiger partial charge in [0.2, 0.25) is 5.91 Å². The summed E-state index contributed by atoms with van der Waals surface area (Å²) in [6.45, 7) is 1.44. The average Bonchev–Trinajstić information content (AvgIpc) is 2.77. The molecule has 7 nitrogen and oxygen atoms in total. The first kappa shape index (κ1) is 15.0. The van der Waals surface area contributed by atoms with Crippen molar-refractivity contribution in [1.29, 1.82) is 0 Å². The van der Waals surface area contributed by atoms with E-state index in [0.717, 1.165) is 17.3 Å². The summed E-state index contributed by atoms with van der Waals surface area (Å²) in [5.41, 5.74) is 1.46. The molecule has 1 amide bonds. The van der Waals surface area contributed by atoms with Crippen LogP contribution in [-0.4, -0.2) is 37.5 Å². The first-order valence-corrected chi connectivity index (χ1v) is 7.08. The van der Waals surface area contributed by atoms with Crippen LogP contribution < -0.4 is 5.32 Å². The molecule has 1 heterocycles. The van der Waals surface area contributed by atoms with Crippen LogP contribution >= 0.6 is 11.8 Å². The van der Waals surface area contributed by atoms with Gasteiger partial charge in [0.15, 0.2) is 11.0 Å². The maximum absolute atomic E-state index is 11.1. The second-order valence-corrected chi connectivity index (χ2v) is 5.25. The van der Waals surface area contributed by atoms with Gasteiger partial charge in [-0.3, -0.25) is 9.59 Å². The molecule has 0 aliphatic rings. The molecule has 0 spiro atoms. The van der Waals surface area contributed by atoms with Gasteiger partial charge in [0.25, 0.3) is 0 Å². The summed E-state index contributed by atoms with van der Waals surface area (Å²) < 4.78 is 1.72. The van der Waals surface area contributed by atoms with Crippen LogP contribution in [0.15, 0.2) is 29.4 Å². The molecule has 0 bridgehead atoms. The fraction of sp³-hybridized carbons (Fsp3) is 0.231. The van der Waals surface area contributed by atoms with E-state index in [1.54, 1.807) is 29.8 Å². The molecule has 0 aliphatic carbocycles. The van der Waals surface area contributed by atoms with Crippen molar-refractivity contribution in [3.05, 3.63) is 24.3 Å². The SMILES string of the molecule is CC(=O)Nc1cccc(-c2nnc(SCC(=O)O)n2C)c1. The summed E-state index contributed by atoms with van der Waals surface area (Å²) in [6, 6.07) is 7.22. The van der Waals surface area contributed by atoms with Crippen LogP contribution in [-0.2, 0) is 16.6 Å². The molecule has 2 N–H and O–H groups in total. The van der Waals surface area contributed by atoms with Gasteiger partial charge in [-0.15, -0.1) is 10.2 Å². The third-order valence-electron chi connectivity index (χ3n) is 2.60. The lowest BCUT2D eigenvalue weighted by Crippen LogP contribution is -2.05. The number of benzene rings is 1. The number of carboxylic acids is 1. The number of anilines is 1. The molecule has 1 aromatic carbocycles. The highest BCUT2D eigenvalue weighted by molar-refractivity contribution is 7.99. The number of carbonyl (C=O) groups is 2. The van der Waals surface area contributed by atoms with Crippen LogP contribution in [0.2, 0.25) is 0 Å². The first-order valence-electron chi connectivity index (χ1n) is 6.09. The van der Waals surface area contributed by atoms with E-state index in [0.29, 0.717) is 16.7 Å². The van der Waals surface area contributed by atoms with E-state index in [9.17, 15) is 9.59 Å². The molecule has 0 unspecified atom stereocenters. The predicted molar refractivity (Wildman–Crippen MR) is 79.1 cm³/mol. The minimum atomic E-state index is -0.905. The van der Waals surface area contributed by atoms with E-state index in [1.807, 2.05) is 6.07 Å². The predicted octanol–water partition coefficient (Wildman–Crippen LogP) is 1.62. The number of amides is 1. The van der Waals surface area contributed by atoms with Crippen LogP contribution in [0, 0.1) is 0 Å². The molecule has 1 aromatic heterocycles. The van der Waals surface area contributed by atoms with Crippen molar-refractivity contribution in [3.63, 3.8) is 0 Å². The van der Waals surface area contributed by atoms with E-state index >= 15 is 0 Å². The van der Waals surface area contributed by atoms with Crippen LogP contribution in [0.5, 0.6) is 0 Å². The number of aliphatic carboxylic acids is 1. The zero-order chi connectivity index (χ0) is 15.4. The van der Waals surface area contributed by atoms with E-state index in [-0.39, 0.29) is 11.7 Å². The van der Waals surface area contributed by atoms with Crippen LogP contribution in [0.3, 0.4) is 0 Å². The molecule has 0 saturated carbocycles. The minimum absolute atomic E-state index is 0.0715. The van der Waals surface area contributed by atoms with E-state index in [4.69, 9.17) is 5.11 Å². The van der Waals surface area contributed by atoms with Crippen LogP contribution in [0.4, 0.5) is 5.69 Å². The topological polar surface area (TPSA) is 97.1 Å². The standard InChI is InChI=1S/C13H14N4O3S/c1-8(18)14-10-5-3-4-9(6-10)12-15-16-13(17(12)2)21-7-11(19)20/h3-6H,7H2,1-2H3,(H,14,18)(H,19,20). The lowest BCUT2D eigenvalue weighted by molar-refractivity contribution is -0.133. The Labute approximate surface area is 125 Å². The molecule has 0 fully saturated rings. The second kappa shape index (κ2) is 6.40. The normalized spacial score (nSPS) is 10.4. The second-order valence-electron chi connectivity index (χ2n) is 4.31. The van der Waals surface area contributed by atoms with Gasteiger partial charge >= 0.3 is 5.97 Å². The lowest BCUT2D eigenvalue weighted by Gasteiger charge is -2.06. The number of nitrogens with one attached hydrogen (secondary N) is 1. The fourth-order valence-electron chi connectivity index (χ4n) is 1.76. The van der Waals surface area contributed by atoms with E-state index < -0.39 is 5.97 Å². The molecule has 2 rings (SSSR count). The van der Waals surface area contributed by atoms with Crippen molar-refractivity contribution in [2.45, 2.75) is 12.1 Å². The summed E-state index contributed by atoms with van der Waals surface area (Å²) in [5.74, 6) is -0.520. The molecule has 0 aliphatic heterocycles. The highest BCUT2D eigenvalue weighted by Gasteiger charge is 2.13. The molecule has 8 heteroatoms. The van der Waals surface area contributed by atoms with Gasteiger partial charge in [0.05, 0.1) is 5.75 Å². The minimum Gasteiger partial charge on any atom is -0.481 e. The van der Waals surface area contributed by atoms with Gasteiger partial charge in [0.1, 0.15) is 0 Å². The Hall–Kier alpha value is -2.35. The Morgan fingerprint density at radius 1 is 1.38 bits per heavy atom. The van der Waals surface area contributed by atoms with Crippen molar-refractivity contribution in [1.82, 2.24) is 14.8 Å². The van der Waals surface area contributed by atoms with Crippen molar-refractivity contribution < 1.29 is 14.7 Å². The van der Waals surface area contributed by atoms with E-state index in [1.165, 1.54) is 6.92 Å². The molecule has 0 atom stereocenters. The number of hydrogen-bond donors (Lipinski definition) is 2. The smallest absolute Gasteiger partial charge is 0.313 e. The van der Waals surface area contributed by atoms with Crippen molar-refractivity contribution in [3.8, 4) is 11.4 Å². The summed E-state index contributed by atoms with van der Waals surface area (Å²) in [6.07, 6.45) is 0. The number of nitrogens with zero attached hydrogens (tertiary/aromatic N) is 3. The molecule has 2 aromatic rings. The fourth-order valence-corrected chi connectivity index (χ4v) is 2.39. The monoisotopic (exact) mass is 306 g/mol. The van der Waals surface area contributed by atoms with Crippen LogP contribution in [0.1, 0.15) is 6.92 Å². The van der Waals surface area contributed by atoms with E-state index in [2.05, 4.69) is 15.5 Å². The zero-order valence-electron chi connectivity index (χ0n) is 11.5. The summed E-state index contributed by atoms with van der Waals surface area (Å²) in [7, 11) is 1.77. The molecular formula is C13H14N4O3S. The highest BCUT2D eigenvalue weighted by Crippen LogP contribution is 2.24. The Morgan fingerprint density at radius 3 is 2.81 bits per heavy atom. The lowest BCUT2D eigenvalue weighted by atomic mass is 10.2. The third kappa shape index (κ3) is 3.82. The molecule has 0 saturated heterocycles. The van der Waals surface area contributed by atoms with Crippen molar-refractivity contribution in [2.24, 2.45) is 7.05 Å². The molecule has 0 radical (unpaired) electrons. The van der Waals surface area contributed by atoms with Gasteiger partial charge in [0, 0.05) is 25.2 Å². The number of aromatic nitrogens is 3. The summed E-state index contributed by atoms with van der Waals surface area (Å²) in [5, 5.41) is 20.0. The Bertz CT molecular complexity index is 684. The number of hydrogen-bond acceptors (Lipinski definition) is 5. The number of thioether (sulfide) groups is 1. The summed E-state index contributed by atoms with van der Waals surface area (Å²) >= 11 is 1.11. The maximum atomic E-state index is 11.1. The number of carboxylic acid groups (broad SMARTS) is 1. The van der Waals surface area contributed by atoms with Crippen molar-refractivity contribution in [2.75, 3.05) is 11.1 Å². The van der Waals surface area contributed by atoms with Gasteiger partial charge < -0.3 is 15.0 Å². The van der Waals surface area contributed by atoms with Gasteiger partial charge in [-0.2, -0.15) is 0 Å². The quantitative estimate of drug-likeness (QED) is 0.815. The Balaban J connectivity index is 2.26. The maximum Gasteiger partial charge on any atom is 0.313 e. The van der Waals surface area contributed by atoms with Gasteiger partial charge in [-0.1, -0.05) is 23.9 Å². The number of carbonyl (C=O) groups excluding carboxylic acids is 1. The Morgan fingerprint density at radius 2 is 2.14 bits per heavy atom. The average molecular weight is 306 g/mol. The first-order chi connectivity index (χ1) is 9.97. The third-order valence-corrected chi connectivity index (χ3v) is 3.61. The van der Waals surface area contributed by atoms with Crippen molar-refractivity contribution >= 4 is 29.3 Å². The molecule has 110 valence electrons.